The standard InChI is InChI=1S/C13H14F3N3O/c1-3-19-8-9(2)17-12(19)18-10-4-6-11(7-5-10)20-13(14,15)16/h4-8H,3H2,1-2H3,(H,17,18). The lowest BCUT2D eigenvalue weighted by Crippen LogP contribution is -2.17. The maximum Gasteiger partial charge on any atom is 0.573 e. The van der Waals surface area contributed by atoms with E-state index in [1.807, 2.05) is 24.6 Å². The molecule has 1 N–H and O–H groups in total. The number of nitrogens with one attached hydrogen (secondary N) is 1. The molecule has 0 fully saturated rings. The molecule has 0 amide bonds. The molecule has 0 saturated carbocycles. The van der Waals surface area contributed by atoms with Gasteiger partial charge in [-0.25, -0.2) is 4.98 Å². The Morgan fingerprint density at radius 3 is 2.45 bits per heavy atom. The van der Waals surface area contributed by atoms with E-state index in [1.54, 1.807) is 0 Å². The van der Waals surface area contributed by atoms with Crippen LogP contribution in [0.4, 0.5) is 24.8 Å². The average molecular weight is 285 g/mol. The van der Waals surface area contributed by atoms with Gasteiger partial charge in [0.2, 0.25) is 5.95 Å². The predicted molar refractivity (Wildman–Crippen MR) is 69.0 cm³/mol. The normalized spacial score (nSPS) is 11.4. The third-order valence-corrected chi connectivity index (χ3v) is 2.58. The Morgan fingerprint density at radius 1 is 1.25 bits per heavy atom. The second-order valence-electron chi connectivity index (χ2n) is 4.19. The molecule has 1 aromatic heterocycles. The summed E-state index contributed by atoms with van der Waals surface area (Å²) in [5.74, 6) is 0.396. The lowest BCUT2D eigenvalue weighted by Gasteiger charge is -2.10. The molecule has 0 spiro atoms. The highest BCUT2D eigenvalue weighted by atomic mass is 19.4. The van der Waals surface area contributed by atoms with Gasteiger partial charge in [0.05, 0.1) is 5.69 Å². The van der Waals surface area contributed by atoms with Gasteiger partial charge in [-0.2, -0.15) is 0 Å². The van der Waals surface area contributed by atoms with Crippen LogP contribution in [0.15, 0.2) is 30.5 Å². The number of aryl methyl sites for hydroxylation is 2. The van der Waals surface area contributed by atoms with E-state index in [0.29, 0.717) is 11.6 Å². The molecule has 1 aromatic carbocycles. The lowest BCUT2D eigenvalue weighted by molar-refractivity contribution is -0.274. The maximum atomic E-state index is 12.0. The Hall–Kier alpha value is -2.18. The van der Waals surface area contributed by atoms with Crippen LogP contribution >= 0.6 is 0 Å². The molecular weight excluding hydrogens is 271 g/mol. The zero-order chi connectivity index (χ0) is 14.8. The minimum Gasteiger partial charge on any atom is -0.406 e. The number of imidazole rings is 1. The molecule has 0 radical (unpaired) electrons. The number of aromatic nitrogens is 2. The first-order chi connectivity index (χ1) is 9.37. The van der Waals surface area contributed by atoms with Gasteiger partial charge in [-0.1, -0.05) is 0 Å². The number of rotatable bonds is 4. The number of hydrogen-bond acceptors (Lipinski definition) is 3. The summed E-state index contributed by atoms with van der Waals surface area (Å²) in [4.78, 5) is 4.30. The van der Waals surface area contributed by atoms with E-state index in [2.05, 4.69) is 15.0 Å². The quantitative estimate of drug-likeness (QED) is 0.927. The van der Waals surface area contributed by atoms with Crippen LogP contribution in [-0.2, 0) is 6.54 Å². The monoisotopic (exact) mass is 285 g/mol. The largest absolute Gasteiger partial charge is 0.573 e. The van der Waals surface area contributed by atoms with Crippen molar-refractivity contribution in [3.63, 3.8) is 0 Å². The van der Waals surface area contributed by atoms with E-state index < -0.39 is 6.36 Å². The van der Waals surface area contributed by atoms with Crippen LogP contribution in [0.3, 0.4) is 0 Å². The summed E-state index contributed by atoms with van der Waals surface area (Å²) in [6, 6.07) is 5.51. The summed E-state index contributed by atoms with van der Waals surface area (Å²) in [6.45, 7) is 4.60. The molecule has 2 rings (SSSR count). The Bertz CT molecular complexity index is 576. The number of halogens is 3. The minimum absolute atomic E-state index is 0.252. The highest BCUT2D eigenvalue weighted by Gasteiger charge is 2.30. The highest BCUT2D eigenvalue weighted by Crippen LogP contribution is 2.25. The molecule has 0 aliphatic rings. The number of ether oxygens (including phenoxy) is 1. The molecule has 0 aliphatic carbocycles. The number of hydrogen-bond donors (Lipinski definition) is 1. The van der Waals surface area contributed by atoms with Gasteiger partial charge in [-0.3, -0.25) is 0 Å². The van der Waals surface area contributed by atoms with Crippen LogP contribution in [0, 0.1) is 6.92 Å². The molecule has 0 bridgehead atoms. The van der Waals surface area contributed by atoms with Gasteiger partial charge in [-0.15, -0.1) is 13.2 Å². The van der Waals surface area contributed by atoms with E-state index in [4.69, 9.17) is 0 Å². The molecule has 0 saturated heterocycles. The van der Waals surface area contributed by atoms with Gasteiger partial charge in [0.15, 0.2) is 0 Å². The topological polar surface area (TPSA) is 39.1 Å². The molecule has 0 unspecified atom stereocenters. The van der Waals surface area contributed by atoms with Gasteiger partial charge in [0.1, 0.15) is 5.75 Å². The van der Waals surface area contributed by atoms with Gasteiger partial charge < -0.3 is 14.6 Å². The number of benzene rings is 1. The van der Waals surface area contributed by atoms with E-state index in [0.717, 1.165) is 12.2 Å². The first-order valence-corrected chi connectivity index (χ1v) is 6.04. The minimum atomic E-state index is -4.68. The highest BCUT2D eigenvalue weighted by molar-refractivity contribution is 5.55. The van der Waals surface area contributed by atoms with Crippen LogP contribution in [0.1, 0.15) is 12.6 Å². The number of anilines is 2. The van der Waals surface area contributed by atoms with Crippen LogP contribution in [0.25, 0.3) is 0 Å². The van der Waals surface area contributed by atoms with Crippen LogP contribution in [0.2, 0.25) is 0 Å². The summed E-state index contributed by atoms with van der Waals surface area (Å²) < 4.78 is 41.8. The van der Waals surface area contributed by atoms with Crippen molar-refractivity contribution in [3.05, 3.63) is 36.2 Å². The first kappa shape index (κ1) is 14.2. The summed E-state index contributed by atoms with van der Waals surface area (Å²) in [5.41, 5.74) is 1.51. The molecule has 7 heteroatoms. The second-order valence-corrected chi connectivity index (χ2v) is 4.19. The summed E-state index contributed by atoms with van der Waals surface area (Å²) in [5, 5.41) is 3.05. The summed E-state index contributed by atoms with van der Waals surface area (Å²) >= 11 is 0. The van der Waals surface area contributed by atoms with Crippen LogP contribution in [-0.4, -0.2) is 15.9 Å². The molecular formula is C13H14F3N3O. The van der Waals surface area contributed by atoms with E-state index in [1.165, 1.54) is 24.3 Å². The third kappa shape index (κ3) is 3.66. The van der Waals surface area contributed by atoms with Crippen molar-refractivity contribution in [1.29, 1.82) is 0 Å². The molecule has 0 atom stereocenters. The van der Waals surface area contributed by atoms with E-state index in [9.17, 15) is 13.2 Å². The second kappa shape index (κ2) is 5.44. The van der Waals surface area contributed by atoms with Crippen molar-refractivity contribution < 1.29 is 17.9 Å². The van der Waals surface area contributed by atoms with E-state index in [-0.39, 0.29) is 5.75 Å². The van der Waals surface area contributed by atoms with Gasteiger partial charge in [-0.05, 0) is 38.1 Å². The van der Waals surface area contributed by atoms with Crippen LogP contribution in [0.5, 0.6) is 5.75 Å². The Balaban J connectivity index is 2.10. The fourth-order valence-electron chi connectivity index (χ4n) is 1.76. The molecule has 1 heterocycles. The Kier molecular flexibility index (Phi) is 3.87. The molecule has 4 nitrogen and oxygen atoms in total. The van der Waals surface area contributed by atoms with Crippen molar-refractivity contribution in [2.24, 2.45) is 0 Å². The van der Waals surface area contributed by atoms with E-state index >= 15 is 0 Å². The van der Waals surface area contributed by atoms with Crippen LogP contribution < -0.4 is 10.1 Å². The van der Waals surface area contributed by atoms with Crippen molar-refractivity contribution in [2.45, 2.75) is 26.8 Å². The number of nitrogens with zero attached hydrogens (tertiary/aromatic N) is 2. The maximum absolute atomic E-state index is 12.0. The molecule has 0 aliphatic heterocycles. The summed E-state index contributed by atoms with van der Waals surface area (Å²) in [7, 11) is 0. The smallest absolute Gasteiger partial charge is 0.406 e. The lowest BCUT2D eigenvalue weighted by atomic mass is 10.3. The average Bonchev–Trinajstić information content (AvgIpc) is 2.70. The predicted octanol–water partition coefficient (Wildman–Crippen LogP) is 3.85. The SMILES string of the molecule is CCn1cc(C)nc1Nc1ccc(OC(F)(F)F)cc1. The first-order valence-electron chi connectivity index (χ1n) is 6.04. The van der Waals surface area contributed by atoms with Crippen molar-refractivity contribution in [2.75, 3.05) is 5.32 Å². The van der Waals surface area contributed by atoms with Gasteiger partial charge >= 0.3 is 6.36 Å². The van der Waals surface area contributed by atoms with Crippen molar-refractivity contribution in [3.8, 4) is 5.75 Å². The van der Waals surface area contributed by atoms with Gasteiger partial charge in [0, 0.05) is 18.4 Å². The van der Waals surface area contributed by atoms with Gasteiger partial charge in [0.25, 0.3) is 0 Å². The molecule has 20 heavy (non-hydrogen) atoms. The zero-order valence-corrected chi connectivity index (χ0v) is 11.0. The fourth-order valence-corrected chi connectivity index (χ4v) is 1.76. The van der Waals surface area contributed by atoms with Crippen molar-refractivity contribution in [1.82, 2.24) is 9.55 Å². The molecule has 2 aromatic rings. The third-order valence-electron chi connectivity index (χ3n) is 2.58. The fraction of sp³-hybridized carbons (Fsp3) is 0.308. The Morgan fingerprint density at radius 2 is 1.90 bits per heavy atom. The van der Waals surface area contributed by atoms with Crippen molar-refractivity contribution >= 4 is 11.6 Å². The Labute approximate surface area is 114 Å². The molecule has 108 valence electrons. The zero-order valence-electron chi connectivity index (χ0n) is 11.0. The number of alkyl halides is 3. The summed E-state index contributed by atoms with van der Waals surface area (Å²) in [6.07, 6.45) is -2.78.